The molecule has 0 aliphatic carbocycles. The first kappa shape index (κ1) is 12.8. The van der Waals surface area contributed by atoms with Gasteiger partial charge in [0.1, 0.15) is 0 Å². The highest BCUT2D eigenvalue weighted by atomic mass is 35.5. The standard InChI is InChI=1S/C13H10Cl2OS/c14-10-5-3-7-12(13(10)15)17-11-6-2-1-4-9(11)8-16/h1-7,16H,8H2. The van der Waals surface area contributed by atoms with E-state index < -0.39 is 0 Å². The van der Waals surface area contributed by atoms with Crippen LogP contribution in [-0.4, -0.2) is 5.11 Å². The van der Waals surface area contributed by atoms with Gasteiger partial charge in [0, 0.05) is 9.79 Å². The summed E-state index contributed by atoms with van der Waals surface area (Å²) in [5, 5.41) is 10.3. The molecular weight excluding hydrogens is 275 g/mol. The number of hydrogen-bond acceptors (Lipinski definition) is 2. The topological polar surface area (TPSA) is 20.2 Å². The number of aliphatic hydroxyl groups is 1. The molecule has 1 nitrogen and oxygen atoms in total. The first-order valence-electron chi connectivity index (χ1n) is 5.03. The molecule has 0 aliphatic heterocycles. The van der Waals surface area contributed by atoms with Gasteiger partial charge < -0.3 is 5.11 Å². The Balaban J connectivity index is 2.35. The Morgan fingerprint density at radius 1 is 0.941 bits per heavy atom. The molecule has 17 heavy (non-hydrogen) atoms. The van der Waals surface area contributed by atoms with Gasteiger partial charge in [0.2, 0.25) is 0 Å². The van der Waals surface area contributed by atoms with E-state index in [9.17, 15) is 5.11 Å². The van der Waals surface area contributed by atoms with Crippen LogP contribution in [0.25, 0.3) is 0 Å². The van der Waals surface area contributed by atoms with Crippen LogP contribution in [0.3, 0.4) is 0 Å². The summed E-state index contributed by atoms with van der Waals surface area (Å²) in [7, 11) is 0. The SMILES string of the molecule is OCc1ccccc1Sc1cccc(Cl)c1Cl. The number of rotatable bonds is 3. The quantitative estimate of drug-likeness (QED) is 0.886. The zero-order chi connectivity index (χ0) is 12.3. The molecule has 4 heteroatoms. The van der Waals surface area contributed by atoms with Crippen molar-refractivity contribution in [3.63, 3.8) is 0 Å². The molecule has 0 aromatic heterocycles. The van der Waals surface area contributed by atoms with Gasteiger partial charge in [-0.1, -0.05) is 59.2 Å². The summed E-state index contributed by atoms with van der Waals surface area (Å²) in [6.07, 6.45) is 0. The molecule has 0 unspecified atom stereocenters. The average Bonchev–Trinajstić information content (AvgIpc) is 2.35. The fourth-order valence-corrected chi connectivity index (χ4v) is 2.88. The number of hydrogen-bond donors (Lipinski definition) is 1. The van der Waals surface area contributed by atoms with Gasteiger partial charge in [0.05, 0.1) is 16.7 Å². The van der Waals surface area contributed by atoms with Crippen LogP contribution >= 0.6 is 35.0 Å². The van der Waals surface area contributed by atoms with E-state index >= 15 is 0 Å². The third kappa shape index (κ3) is 2.96. The van der Waals surface area contributed by atoms with Crippen molar-refractivity contribution in [2.75, 3.05) is 0 Å². The van der Waals surface area contributed by atoms with Gasteiger partial charge in [-0.05, 0) is 23.8 Å². The fourth-order valence-electron chi connectivity index (χ4n) is 1.42. The van der Waals surface area contributed by atoms with Crippen LogP contribution in [0.2, 0.25) is 10.0 Å². The Kier molecular flexibility index (Phi) is 4.35. The van der Waals surface area contributed by atoms with Crippen LogP contribution in [0.5, 0.6) is 0 Å². The zero-order valence-corrected chi connectivity index (χ0v) is 11.2. The summed E-state index contributed by atoms with van der Waals surface area (Å²) < 4.78 is 0. The molecule has 0 fully saturated rings. The minimum absolute atomic E-state index is 0.0152. The van der Waals surface area contributed by atoms with E-state index in [-0.39, 0.29) is 6.61 Å². The highest BCUT2D eigenvalue weighted by molar-refractivity contribution is 7.99. The van der Waals surface area contributed by atoms with Gasteiger partial charge in [-0.15, -0.1) is 0 Å². The smallest absolute Gasteiger partial charge is 0.0731 e. The zero-order valence-electron chi connectivity index (χ0n) is 8.86. The lowest BCUT2D eigenvalue weighted by atomic mass is 10.2. The van der Waals surface area contributed by atoms with Gasteiger partial charge in [-0.25, -0.2) is 0 Å². The minimum Gasteiger partial charge on any atom is -0.392 e. The molecule has 0 heterocycles. The lowest BCUT2D eigenvalue weighted by molar-refractivity contribution is 0.279. The Morgan fingerprint density at radius 3 is 2.41 bits per heavy atom. The maximum atomic E-state index is 9.25. The van der Waals surface area contributed by atoms with E-state index in [2.05, 4.69) is 0 Å². The second-order valence-corrected chi connectivity index (χ2v) is 5.29. The molecule has 0 aliphatic rings. The van der Waals surface area contributed by atoms with Gasteiger partial charge >= 0.3 is 0 Å². The maximum Gasteiger partial charge on any atom is 0.0731 e. The number of benzene rings is 2. The van der Waals surface area contributed by atoms with Crippen molar-refractivity contribution in [2.24, 2.45) is 0 Å². The van der Waals surface area contributed by atoms with E-state index in [0.29, 0.717) is 10.0 Å². The molecule has 0 saturated heterocycles. The largest absolute Gasteiger partial charge is 0.392 e. The lowest BCUT2D eigenvalue weighted by Crippen LogP contribution is -1.86. The third-order valence-electron chi connectivity index (χ3n) is 2.28. The summed E-state index contributed by atoms with van der Waals surface area (Å²) >= 11 is 13.6. The van der Waals surface area contributed by atoms with Crippen LogP contribution < -0.4 is 0 Å². The van der Waals surface area contributed by atoms with E-state index in [0.717, 1.165) is 15.4 Å². The molecule has 0 amide bonds. The molecule has 88 valence electrons. The van der Waals surface area contributed by atoms with Crippen molar-refractivity contribution in [3.05, 3.63) is 58.1 Å². The molecule has 0 spiro atoms. The average molecular weight is 285 g/mol. The predicted molar refractivity (Wildman–Crippen MR) is 72.9 cm³/mol. The van der Waals surface area contributed by atoms with Crippen LogP contribution in [-0.2, 0) is 6.61 Å². The van der Waals surface area contributed by atoms with E-state index in [1.165, 1.54) is 11.8 Å². The first-order valence-corrected chi connectivity index (χ1v) is 6.60. The summed E-state index contributed by atoms with van der Waals surface area (Å²) in [6, 6.07) is 13.2. The second kappa shape index (κ2) is 5.78. The molecule has 2 rings (SSSR count). The molecule has 2 aromatic carbocycles. The van der Waals surface area contributed by atoms with E-state index in [4.69, 9.17) is 23.2 Å². The Morgan fingerprint density at radius 2 is 1.65 bits per heavy atom. The molecular formula is C13H10Cl2OS. The Hall–Kier alpha value is -0.670. The van der Waals surface area contributed by atoms with Gasteiger partial charge in [-0.3, -0.25) is 0 Å². The normalized spacial score (nSPS) is 10.5. The number of aliphatic hydroxyl groups excluding tert-OH is 1. The molecule has 2 aromatic rings. The van der Waals surface area contributed by atoms with Crippen molar-refractivity contribution in [2.45, 2.75) is 16.4 Å². The van der Waals surface area contributed by atoms with Crippen molar-refractivity contribution in [3.8, 4) is 0 Å². The highest BCUT2D eigenvalue weighted by Gasteiger charge is 2.08. The second-order valence-electron chi connectivity index (χ2n) is 3.42. The Bertz CT molecular complexity index is 529. The summed E-state index contributed by atoms with van der Waals surface area (Å²) in [5.41, 5.74) is 0.883. The summed E-state index contributed by atoms with van der Waals surface area (Å²) in [5.74, 6) is 0. The summed E-state index contributed by atoms with van der Waals surface area (Å²) in [6.45, 7) is 0.0152. The molecule has 0 atom stereocenters. The van der Waals surface area contributed by atoms with Gasteiger partial charge in [0.25, 0.3) is 0 Å². The molecule has 0 radical (unpaired) electrons. The minimum atomic E-state index is 0.0152. The van der Waals surface area contributed by atoms with Crippen LogP contribution in [0, 0.1) is 0 Å². The van der Waals surface area contributed by atoms with E-state index in [1.54, 1.807) is 6.07 Å². The van der Waals surface area contributed by atoms with Gasteiger partial charge in [0.15, 0.2) is 0 Å². The van der Waals surface area contributed by atoms with Crippen molar-refractivity contribution in [1.82, 2.24) is 0 Å². The fraction of sp³-hybridized carbons (Fsp3) is 0.0769. The van der Waals surface area contributed by atoms with Crippen molar-refractivity contribution < 1.29 is 5.11 Å². The van der Waals surface area contributed by atoms with E-state index in [1.807, 2.05) is 36.4 Å². The van der Waals surface area contributed by atoms with Crippen molar-refractivity contribution in [1.29, 1.82) is 0 Å². The third-order valence-corrected chi connectivity index (χ3v) is 4.39. The lowest BCUT2D eigenvalue weighted by Gasteiger charge is -2.08. The van der Waals surface area contributed by atoms with Crippen LogP contribution in [0.1, 0.15) is 5.56 Å². The Labute approximate surface area is 114 Å². The molecule has 0 saturated carbocycles. The number of halogens is 2. The molecule has 0 bridgehead atoms. The molecule has 1 N–H and O–H groups in total. The van der Waals surface area contributed by atoms with Crippen LogP contribution in [0.15, 0.2) is 52.3 Å². The van der Waals surface area contributed by atoms with Crippen molar-refractivity contribution >= 4 is 35.0 Å². The monoisotopic (exact) mass is 284 g/mol. The van der Waals surface area contributed by atoms with Gasteiger partial charge in [-0.2, -0.15) is 0 Å². The predicted octanol–water partition coefficient (Wildman–Crippen LogP) is 4.64. The first-order chi connectivity index (χ1) is 8.22. The summed E-state index contributed by atoms with van der Waals surface area (Å²) in [4.78, 5) is 1.87. The highest BCUT2D eigenvalue weighted by Crippen LogP contribution is 2.38. The maximum absolute atomic E-state index is 9.25. The van der Waals surface area contributed by atoms with Crippen LogP contribution in [0.4, 0.5) is 0 Å².